The zero-order chi connectivity index (χ0) is 9.26. The van der Waals surface area contributed by atoms with Crippen molar-refractivity contribution in [3.63, 3.8) is 0 Å². The smallest absolute Gasteiger partial charge is 0.137 e. The Balaban J connectivity index is 2.43. The van der Waals surface area contributed by atoms with Gasteiger partial charge < -0.3 is 5.11 Å². The number of nitrogens with zero attached hydrogens (tertiary/aromatic N) is 1. The number of aromatic nitrogens is 1. The molecule has 1 N–H and O–H groups in total. The zero-order valence-electron chi connectivity index (χ0n) is 7.23. The molecule has 1 unspecified atom stereocenters. The van der Waals surface area contributed by atoms with Gasteiger partial charge in [0.2, 0.25) is 0 Å². The molecule has 1 aliphatic carbocycles. The zero-order valence-corrected chi connectivity index (χ0v) is 7.23. The van der Waals surface area contributed by atoms with E-state index >= 15 is 0 Å². The number of ketones is 1. The number of hydrogen-bond acceptors (Lipinski definition) is 3. The molecule has 3 nitrogen and oxygen atoms in total. The number of pyridine rings is 1. The van der Waals surface area contributed by atoms with Crippen LogP contribution in [0.2, 0.25) is 0 Å². The molecule has 0 amide bonds. The molecule has 1 heterocycles. The van der Waals surface area contributed by atoms with Crippen LogP contribution in [0.4, 0.5) is 0 Å². The third kappa shape index (κ3) is 1.60. The van der Waals surface area contributed by atoms with Crippen LogP contribution >= 0.6 is 0 Å². The molecule has 0 aromatic carbocycles. The van der Waals surface area contributed by atoms with E-state index in [4.69, 9.17) is 0 Å². The van der Waals surface area contributed by atoms with Gasteiger partial charge in [-0.3, -0.25) is 9.78 Å². The molecule has 68 valence electrons. The average molecular weight is 177 g/mol. The topological polar surface area (TPSA) is 50.2 Å². The van der Waals surface area contributed by atoms with E-state index in [1.807, 2.05) is 6.07 Å². The maximum Gasteiger partial charge on any atom is 0.137 e. The first kappa shape index (κ1) is 8.38. The van der Waals surface area contributed by atoms with E-state index in [2.05, 4.69) is 4.98 Å². The van der Waals surface area contributed by atoms with Gasteiger partial charge in [-0.1, -0.05) is 6.07 Å². The molecule has 3 heteroatoms. The summed E-state index contributed by atoms with van der Waals surface area (Å²) in [7, 11) is 0. The molecule has 1 atom stereocenters. The Morgan fingerprint density at radius 1 is 1.54 bits per heavy atom. The summed E-state index contributed by atoms with van der Waals surface area (Å²) in [5.74, 6) is 0.186. The number of carbonyl (C=O) groups excluding carboxylic acids is 1. The molecule has 1 aromatic heterocycles. The fraction of sp³-hybridized carbons (Fsp3) is 0.400. The van der Waals surface area contributed by atoms with E-state index < -0.39 is 6.10 Å². The van der Waals surface area contributed by atoms with Gasteiger partial charge in [-0.25, -0.2) is 0 Å². The van der Waals surface area contributed by atoms with Crippen LogP contribution in [0.1, 0.15) is 30.2 Å². The Morgan fingerprint density at radius 2 is 2.38 bits per heavy atom. The molecule has 0 fully saturated rings. The monoisotopic (exact) mass is 177 g/mol. The van der Waals surface area contributed by atoms with E-state index in [0.29, 0.717) is 25.0 Å². The lowest BCUT2D eigenvalue weighted by Gasteiger charge is -2.08. The molecule has 2 rings (SSSR count). The molecule has 13 heavy (non-hydrogen) atoms. The Morgan fingerprint density at radius 3 is 3.23 bits per heavy atom. The number of fused-ring (bicyclic) bond motifs is 1. The van der Waals surface area contributed by atoms with Crippen molar-refractivity contribution in [3.8, 4) is 0 Å². The van der Waals surface area contributed by atoms with Crippen LogP contribution in [-0.2, 0) is 11.2 Å². The molecule has 0 aliphatic heterocycles. The first-order valence-electron chi connectivity index (χ1n) is 4.41. The number of carbonyl (C=O) groups is 1. The Kier molecular flexibility index (Phi) is 2.10. The van der Waals surface area contributed by atoms with Crippen molar-refractivity contribution in [2.75, 3.05) is 0 Å². The number of rotatable bonds is 0. The van der Waals surface area contributed by atoms with Crippen molar-refractivity contribution >= 4 is 5.78 Å². The maximum absolute atomic E-state index is 11.3. The standard InChI is InChI=1S/C10H11NO2/c12-8-3-4-9(13)10-7(6-8)2-1-5-11-10/h1-2,5,9,13H,3-4,6H2. The first-order valence-corrected chi connectivity index (χ1v) is 4.41. The van der Waals surface area contributed by atoms with Gasteiger partial charge in [-0.05, 0) is 18.1 Å². The highest BCUT2D eigenvalue weighted by atomic mass is 16.3. The molecular weight excluding hydrogens is 166 g/mol. The van der Waals surface area contributed by atoms with Crippen LogP contribution in [0.3, 0.4) is 0 Å². The fourth-order valence-electron chi connectivity index (χ4n) is 1.64. The predicted octanol–water partition coefficient (Wildman–Crippen LogP) is 1.02. The van der Waals surface area contributed by atoms with Gasteiger partial charge in [0, 0.05) is 19.0 Å². The van der Waals surface area contributed by atoms with Crippen molar-refractivity contribution in [3.05, 3.63) is 29.6 Å². The molecule has 0 spiro atoms. The summed E-state index contributed by atoms with van der Waals surface area (Å²) in [6, 6.07) is 3.65. The summed E-state index contributed by atoms with van der Waals surface area (Å²) in [5.41, 5.74) is 1.55. The quantitative estimate of drug-likeness (QED) is 0.602. The van der Waals surface area contributed by atoms with Crippen LogP contribution < -0.4 is 0 Å². The van der Waals surface area contributed by atoms with E-state index in [-0.39, 0.29) is 5.78 Å². The van der Waals surface area contributed by atoms with Crippen molar-refractivity contribution in [2.24, 2.45) is 0 Å². The van der Waals surface area contributed by atoms with Gasteiger partial charge >= 0.3 is 0 Å². The minimum atomic E-state index is -0.567. The van der Waals surface area contributed by atoms with E-state index in [1.54, 1.807) is 12.3 Å². The highest BCUT2D eigenvalue weighted by Gasteiger charge is 2.20. The summed E-state index contributed by atoms with van der Waals surface area (Å²) in [6.07, 6.45) is 2.46. The highest BCUT2D eigenvalue weighted by molar-refractivity contribution is 5.81. The number of aliphatic hydroxyl groups is 1. The van der Waals surface area contributed by atoms with Crippen molar-refractivity contribution in [2.45, 2.75) is 25.4 Å². The second-order valence-electron chi connectivity index (χ2n) is 3.32. The summed E-state index contributed by atoms with van der Waals surface area (Å²) in [4.78, 5) is 15.3. The second kappa shape index (κ2) is 3.26. The second-order valence-corrected chi connectivity index (χ2v) is 3.32. The van der Waals surface area contributed by atoms with E-state index in [1.165, 1.54) is 0 Å². The molecule has 1 aromatic rings. The van der Waals surface area contributed by atoms with Gasteiger partial charge in [0.1, 0.15) is 5.78 Å². The predicted molar refractivity (Wildman–Crippen MR) is 47.1 cm³/mol. The highest BCUT2D eigenvalue weighted by Crippen LogP contribution is 2.24. The average Bonchev–Trinajstić information content (AvgIpc) is 2.27. The van der Waals surface area contributed by atoms with Crippen LogP contribution in [0.15, 0.2) is 18.3 Å². The maximum atomic E-state index is 11.3. The largest absolute Gasteiger partial charge is 0.387 e. The molecular formula is C10H11NO2. The SMILES string of the molecule is O=C1CCC(O)c2ncccc2C1. The van der Waals surface area contributed by atoms with Crippen molar-refractivity contribution in [1.82, 2.24) is 4.98 Å². The minimum Gasteiger partial charge on any atom is -0.387 e. The number of hydrogen-bond donors (Lipinski definition) is 1. The Bertz CT molecular complexity index is 335. The number of Topliss-reactive ketones (excluding diaryl/α,β-unsaturated/α-hetero) is 1. The molecule has 0 radical (unpaired) electrons. The summed E-state index contributed by atoms with van der Waals surface area (Å²) in [6.45, 7) is 0. The van der Waals surface area contributed by atoms with Crippen molar-refractivity contribution in [1.29, 1.82) is 0 Å². The van der Waals surface area contributed by atoms with Gasteiger partial charge in [0.15, 0.2) is 0 Å². The van der Waals surface area contributed by atoms with Gasteiger partial charge in [0.05, 0.1) is 11.8 Å². The molecule has 0 bridgehead atoms. The summed E-state index contributed by atoms with van der Waals surface area (Å²) >= 11 is 0. The van der Waals surface area contributed by atoms with Crippen LogP contribution in [-0.4, -0.2) is 15.9 Å². The van der Waals surface area contributed by atoms with Crippen LogP contribution in [0.5, 0.6) is 0 Å². The summed E-state index contributed by atoms with van der Waals surface area (Å²) < 4.78 is 0. The molecule has 0 saturated carbocycles. The lowest BCUT2D eigenvalue weighted by atomic mass is 10.1. The fourth-order valence-corrected chi connectivity index (χ4v) is 1.64. The third-order valence-corrected chi connectivity index (χ3v) is 2.33. The van der Waals surface area contributed by atoms with Gasteiger partial charge in [-0.2, -0.15) is 0 Å². The normalized spacial score (nSPS) is 22.2. The van der Waals surface area contributed by atoms with E-state index in [9.17, 15) is 9.90 Å². The van der Waals surface area contributed by atoms with Crippen LogP contribution in [0.25, 0.3) is 0 Å². The van der Waals surface area contributed by atoms with Gasteiger partial charge in [0.25, 0.3) is 0 Å². The number of aliphatic hydroxyl groups excluding tert-OH is 1. The molecule has 1 aliphatic rings. The Labute approximate surface area is 76.4 Å². The van der Waals surface area contributed by atoms with Gasteiger partial charge in [-0.15, -0.1) is 0 Å². The molecule has 0 saturated heterocycles. The lowest BCUT2D eigenvalue weighted by Crippen LogP contribution is -2.01. The van der Waals surface area contributed by atoms with Crippen LogP contribution in [0, 0.1) is 0 Å². The van der Waals surface area contributed by atoms with Crippen molar-refractivity contribution < 1.29 is 9.90 Å². The minimum absolute atomic E-state index is 0.186. The Hall–Kier alpha value is -1.22. The summed E-state index contributed by atoms with van der Waals surface area (Å²) in [5, 5.41) is 9.64. The first-order chi connectivity index (χ1) is 6.27. The third-order valence-electron chi connectivity index (χ3n) is 2.33. The lowest BCUT2D eigenvalue weighted by molar-refractivity contribution is -0.118. The van der Waals surface area contributed by atoms with E-state index in [0.717, 1.165) is 5.56 Å².